The fraction of sp³-hybridized carbons (Fsp3) is 0.357. The van der Waals surface area contributed by atoms with Gasteiger partial charge in [-0.3, -0.25) is 4.68 Å². The molecule has 0 bridgehead atoms. The van der Waals surface area contributed by atoms with Gasteiger partial charge < -0.3 is 5.11 Å². The molecule has 0 aliphatic rings. The predicted molar refractivity (Wildman–Crippen MR) is 79.2 cm³/mol. The van der Waals surface area contributed by atoms with Crippen LogP contribution >= 0.6 is 0 Å². The average molecular weight is 309 g/mol. The number of rotatable bonds is 6. The first-order valence-electron chi connectivity index (χ1n) is 6.65. The monoisotopic (exact) mass is 309 g/mol. The average Bonchev–Trinajstić information content (AvgIpc) is 2.84. The van der Waals surface area contributed by atoms with E-state index in [1.165, 1.54) is 12.1 Å². The lowest BCUT2D eigenvalue weighted by Gasteiger charge is -2.10. The Balaban J connectivity index is 2.05. The van der Waals surface area contributed by atoms with Crippen molar-refractivity contribution in [3.8, 4) is 0 Å². The van der Waals surface area contributed by atoms with Crippen LogP contribution in [0.2, 0.25) is 0 Å². The number of hydrogen-bond donors (Lipinski definition) is 2. The Morgan fingerprint density at radius 3 is 2.76 bits per heavy atom. The van der Waals surface area contributed by atoms with E-state index in [0.29, 0.717) is 18.5 Å². The molecule has 2 N–H and O–H groups in total. The fourth-order valence-corrected chi connectivity index (χ4v) is 3.07. The van der Waals surface area contributed by atoms with Crippen molar-refractivity contribution in [1.29, 1.82) is 0 Å². The summed E-state index contributed by atoms with van der Waals surface area (Å²) < 4.78 is 28.7. The van der Waals surface area contributed by atoms with Crippen molar-refractivity contribution in [3.05, 3.63) is 47.8 Å². The SMILES string of the molecule is CC(O)c1cccc(S(=O)(=O)NCCc2ccnn2C)c1. The highest BCUT2D eigenvalue weighted by Gasteiger charge is 2.15. The molecule has 2 rings (SSSR count). The van der Waals surface area contributed by atoms with Crippen molar-refractivity contribution >= 4 is 10.0 Å². The molecule has 0 aliphatic heterocycles. The number of hydrogen-bond acceptors (Lipinski definition) is 4. The van der Waals surface area contributed by atoms with Gasteiger partial charge in [0, 0.05) is 31.9 Å². The van der Waals surface area contributed by atoms with Gasteiger partial charge in [-0.25, -0.2) is 13.1 Å². The Hall–Kier alpha value is -1.70. The molecule has 0 saturated carbocycles. The van der Waals surface area contributed by atoms with Crippen molar-refractivity contribution in [2.24, 2.45) is 7.05 Å². The van der Waals surface area contributed by atoms with E-state index >= 15 is 0 Å². The molecular formula is C14H19N3O3S. The van der Waals surface area contributed by atoms with Crippen molar-refractivity contribution in [2.45, 2.75) is 24.3 Å². The van der Waals surface area contributed by atoms with E-state index in [4.69, 9.17) is 0 Å². The first-order valence-corrected chi connectivity index (χ1v) is 8.13. The topological polar surface area (TPSA) is 84.2 Å². The van der Waals surface area contributed by atoms with Crippen LogP contribution in [0.15, 0.2) is 41.4 Å². The Kier molecular flexibility index (Phi) is 4.76. The van der Waals surface area contributed by atoms with Crippen LogP contribution in [0.1, 0.15) is 24.3 Å². The van der Waals surface area contributed by atoms with Crippen LogP contribution in [-0.4, -0.2) is 29.8 Å². The zero-order valence-corrected chi connectivity index (χ0v) is 12.8. The summed E-state index contributed by atoms with van der Waals surface area (Å²) in [5.41, 5.74) is 1.53. The Bertz CT molecular complexity index is 708. The van der Waals surface area contributed by atoms with E-state index in [2.05, 4.69) is 9.82 Å². The number of nitrogens with one attached hydrogen (secondary N) is 1. The lowest BCUT2D eigenvalue weighted by atomic mass is 10.1. The maximum Gasteiger partial charge on any atom is 0.240 e. The van der Waals surface area contributed by atoms with Gasteiger partial charge in [-0.1, -0.05) is 12.1 Å². The van der Waals surface area contributed by atoms with Crippen LogP contribution < -0.4 is 4.72 Å². The highest BCUT2D eigenvalue weighted by atomic mass is 32.2. The summed E-state index contributed by atoms with van der Waals surface area (Å²) in [7, 11) is -1.76. The summed E-state index contributed by atoms with van der Waals surface area (Å²) in [4.78, 5) is 0.158. The third-order valence-corrected chi connectivity index (χ3v) is 4.71. The van der Waals surface area contributed by atoms with Gasteiger partial charge in [-0.15, -0.1) is 0 Å². The molecule has 1 aromatic heterocycles. The van der Waals surface area contributed by atoms with E-state index in [9.17, 15) is 13.5 Å². The van der Waals surface area contributed by atoms with Crippen LogP contribution in [-0.2, 0) is 23.5 Å². The summed E-state index contributed by atoms with van der Waals surface area (Å²) >= 11 is 0. The van der Waals surface area contributed by atoms with E-state index < -0.39 is 16.1 Å². The summed E-state index contributed by atoms with van der Waals surface area (Å²) in [6.07, 6.45) is 1.54. The number of aromatic nitrogens is 2. The molecule has 0 amide bonds. The van der Waals surface area contributed by atoms with Crippen molar-refractivity contribution in [2.75, 3.05) is 6.54 Å². The summed E-state index contributed by atoms with van der Waals surface area (Å²) in [5, 5.41) is 13.6. The molecule has 21 heavy (non-hydrogen) atoms. The molecule has 1 unspecified atom stereocenters. The van der Waals surface area contributed by atoms with Gasteiger partial charge in [0.05, 0.1) is 11.0 Å². The first-order chi connectivity index (χ1) is 9.90. The highest BCUT2D eigenvalue weighted by Crippen LogP contribution is 2.17. The summed E-state index contributed by atoms with van der Waals surface area (Å²) in [6, 6.07) is 8.16. The largest absolute Gasteiger partial charge is 0.389 e. The quantitative estimate of drug-likeness (QED) is 0.833. The molecule has 7 heteroatoms. The maximum absolute atomic E-state index is 12.2. The minimum absolute atomic E-state index is 0.158. The lowest BCUT2D eigenvalue weighted by molar-refractivity contribution is 0.199. The number of aliphatic hydroxyl groups is 1. The van der Waals surface area contributed by atoms with Crippen LogP contribution in [0.3, 0.4) is 0 Å². The van der Waals surface area contributed by atoms with Gasteiger partial charge >= 0.3 is 0 Å². The molecule has 114 valence electrons. The zero-order chi connectivity index (χ0) is 15.5. The normalized spacial score (nSPS) is 13.3. The smallest absolute Gasteiger partial charge is 0.240 e. The molecule has 1 heterocycles. The number of benzene rings is 1. The molecule has 0 saturated heterocycles. The minimum atomic E-state index is -3.57. The second-order valence-electron chi connectivity index (χ2n) is 4.84. The summed E-state index contributed by atoms with van der Waals surface area (Å²) in [5.74, 6) is 0. The Morgan fingerprint density at radius 2 is 2.14 bits per heavy atom. The van der Waals surface area contributed by atoms with Crippen molar-refractivity contribution in [3.63, 3.8) is 0 Å². The number of aliphatic hydroxyl groups excluding tert-OH is 1. The van der Waals surface area contributed by atoms with Crippen molar-refractivity contribution in [1.82, 2.24) is 14.5 Å². The molecule has 6 nitrogen and oxygen atoms in total. The van der Waals surface area contributed by atoms with Crippen LogP contribution in [0.4, 0.5) is 0 Å². The lowest BCUT2D eigenvalue weighted by Crippen LogP contribution is -2.26. The Morgan fingerprint density at radius 1 is 1.38 bits per heavy atom. The molecule has 0 radical (unpaired) electrons. The number of aryl methyl sites for hydroxylation is 1. The third-order valence-electron chi connectivity index (χ3n) is 3.25. The van der Waals surface area contributed by atoms with Crippen molar-refractivity contribution < 1.29 is 13.5 Å². The molecule has 0 aliphatic carbocycles. The second-order valence-corrected chi connectivity index (χ2v) is 6.61. The molecular weight excluding hydrogens is 290 g/mol. The second kappa shape index (κ2) is 6.38. The van der Waals surface area contributed by atoms with E-state index in [0.717, 1.165) is 5.69 Å². The molecule has 2 aromatic rings. The van der Waals surface area contributed by atoms with Gasteiger partial charge in [-0.2, -0.15) is 5.10 Å². The minimum Gasteiger partial charge on any atom is -0.389 e. The van der Waals surface area contributed by atoms with E-state index in [1.54, 1.807) is 29.9 Å². The van der Waals surface area contributed by atoms with Gasteiger partial charge in [0.2, 0.25) is 10.0 Å². The molecule has 1 aromatic carbocycles. The highest BCUT2D eigenvalue weighted by molar-refractivity contribution is 7.89. The predicted octanol–water partition coefficient (Wildman–Crippen LogP) is 0.994. The third kappa shape index (κ3) is 3.90. The Labute approximate surface area is 124 Å². The van der Waals surface area contributed by atoms with Gasteiger partial charge in [0.25, 0.3) is 0 Å². The number of nitrogens with zero attached hydrogens (tertiary/aromatic N) is 2. The molecule has 1 atom stereocenters. The van der Waals surface area contributed by atoms with Crippen LogP contribution in [0, 0.1) is 0 Å². The van der Waals surface area contributed by atoms with Gasteiger partial charge in [0.15, 0.2) is 0 Å². The van der Waals surface area contributed by atoms with Crippen LogP contribution in [0.25, 0.3) is 0 Å². The standard InChI is InChI=1S/C14H19N3O3S/c1-11(18)12-4-3-5-14(10-12)21(19,20)16-9-7-13-6-8-15-17(13)2/h3-6,8,10-11,16,18H,7,9H2,1-2H3. The maximum atomic E-state index is 12.2. The van der Waals surface area contributed by atoms with Gasteiger partial charge in [-0.05, 0) is 30.7 Å². The number of sulfonamides is 1. The first kappa shape index (κ1) is 15.7. The summed E-state index contributed by atoms with van der Waals surface area (Å²) in [6.45, 7) is 1.89. The molecule has 0 spiro atoms. The van der Waals surface area contributed by atoms with Gasteiger partial charge in [0.1, 0.15) is 0 Å². The van der Waals surface area contributed by atoms with E-state index in [1.807, 2.05) is 13.1 Å². The zero-order valence-electron chi connectivity index (χ0n) is 12.0. The molecule has 0 fully saturated rings. The van der Waals surface area contributed by atoms with E-state index in [-0.39, 0.29) is 4.90 Å². The van der Waals surface area contributed by atoms with Crippen LogP contribution in [0.5, 0.6) is 0 Å². The fourth-order valence-electron chi connectivity index (χ4n) is 1.98.